The van der Waals surface area contributed by atoms with Crippen LogP contribution in [0.3, 0.4) is 0 Å². The molecule has 0 saturated carbocycles. The molecule has 0 amide bonds. The highest BCUT2D eigenvalue weighted by Crippen LogP contribution is 2.41. The molecule has 0 fully saturated rings. The molecule has 3 atom stereocenters. The molecule has 2 unspecified atom stereocenters. The van der Waals surface area contributed by atoms with Gasteiger partial charge in [-0.2, -0.15) is 0 Å². The van der Waals surface area contributed by atoms with E-state index in [2.05, 4.69) is 67.8 Å². The first-order valence-electron chi connectivity index (χ1n) is 6.26. The summed E-state index contributed by atoms with van der Waals surface area (Å²) >= 11 is 0. The third kappa shape index (κ3) is 1.85. The summed E-state index contributed by atoms with van der Waals surface area (Å²) in [6.45, 7) is 4.61. The fraction of sp³-hybridized carbons (Fsp3) is 0.200. The monoisotopic (exact) mass is 272 g/mol. The Kier molecular flexibility index (Phi) is 3.10. The standard InChI is InChI=1S/C15H17OPSi/c1-17-18(2)14-11-7-6-10-13(14)15(16-18)12-8-4-3-5-9-12/h3-11,15,17H,1-2H3/t15?,18-/m1/s1. The topological polar surface area (TPSA) is 9.23 Å². The largest absolute Gasteiger partial charge is 0.398 e. The van der Waals surface area contributed by atoms with Gasteiger partial charge in [0.15, 0.2) is 0 Å². The van der Waals surface area contributed by atoms with Gasteiger partial charge in [-0.3, -0.25) is 0 Å². The Balaban J connectivity index is 2.11. The predicted octanol–water partition coefficient (Wildman–Crippen LogP) is 3.39. The lowest BCUT2D eigenvalue weighted by molar-refractivity contribution is 0.266. The predicted molar refractivity (Wildman–Crippen MR) is 81.3 cm³/mol. The first kappa shape index (κ1) is 12.1. The smallest absolute Gasteiger partial charge is 0.245 e. The molecule has 1 heterocycles. The molecule has 0 aliphatic carbocycles. The van der Waals surface area contributed by atoms with Crippen molar-refractivity contribution in [3.8, 4) is 0 Å². The van der Waals surface area contributed by atoms with Crippen LogP contribution in [0, 0.1) is 0 Å². The molecule has 3 rings (SSSR count). The summed E-state index contributed by atoms with van der Waals surface area (Å²) < 4.78 is 6.51. The van der Waals surface area contributed by atoms with Crippen molar-refractivity contribution in [1.29, 1.82) is 0 Å². The van der Waals surface area contributed by atoms with E-state index in [-0.39, 0.29) is 6.10 Å². The van der Waals surface area contributed by atoms with Crippen LogP contribution in [0.1, 0.15) is 17.2 Å². The first-order valence-corrected chi connectivity index (χ1v) is 11.2. The zero-order valence-electron chi connectivity index (χ0n) is 10.7. The van der Waals surface area contributed by atoms with Gasteiger partial charge in [0.25, 0.3) is 0 Å². The van der Waals surface area contributed by atoms with Crippen molar-refractivity contribution in [1.82, 2.24) is 0 Å². The van der Waals surface area contributed by atoms with Crippen LogP contribution < -0.4 is 5.19 Å². The van der Waals surface area contributed by atoms with Crippen LogP contribution in [-0.4, -0.2) is 14.6 Å². The average Bonchev–Trinajstić information content (AvgIpc) is 2.75. The Labute approximate surface area is 111 Å². The summed E-state index contributed by atoms with van der Waals surface area (Å²) in [7, 11) is -0.820. The molecule has 2 aromatic rings. The normalized spacial score (nSPS) is 26.7. The molecule has 2 aromatic carbocycles. The van der Waals surface area contributed by atoms with Gasteiger partial charge in [-0.25, -0.2) is 0 Å². The molecule has 92 valence electrons. The van der Waals surface area contributed by atoms with Crippen LogP contribution in [0.2, 0.25) is 6.55 Å². The Morgan fingerprint density at radius 1 is 1.00 bits per heavy atom. The molecule has 1 aliphatic heterocycles. The second kappa shape index (κ2) is 4.62. The lowest BCUT2D eigenvalue weighted by atomic mass is 10.0. The summed E-state index contributed by atoms with van der Waals surface area (Å²) in [4.78, 5) is 0. The van der Waals surface area contributed by atoms with E-state index in [1.165, 1.54) is 16.3 Å². The summed E-state index contributed by atoms with van der Waals surface area (Å²) in [6.07, 6.45) is 0.145. The minimum absolute atomic E-state index is 0.145. The third-order valence-corrected chi connectivity index (χ3v) is 10.9. The Hall–Kier alpha value is -0.953. The highest BCUT2D eigenvalue weighted by Gasteiger charge is 2.42. The Bertz CT molecular complexity index is 557. The minimum Gasteiger partial charge on any atom is -0.398 e. The lowest BCUT2D eigenvalue weighted by Gasteiger charge is -2.21. The van der Waals surface area contributed by atoms with Crippen LogP contribution in [0.25, 0.3) is 0 Å². The van der Waals surface area contributed by atoms with Crippen LogP contribution in [0.5, 0.6) is 0 Å². The highest BCUT2D eigenvalue weighted by atomic mass is 31.3. The SMILES string of the molecule is CP[Si@@]1(C)OC(c2ccccc2)c2ccccc21. The molecule has 0 saturated heterocycles. The number of rotatable bonds is 2. The van der Waals surface area contributed by atoms with Gasteiger partial charge in [0.2, 0.25) is 7.98 Å². The van der Waals surface area contributed by atoms with Gasteiger partial charge in [0.1, 0.15) is 0 Å². The van der Waals surface area contributed by atoms with Crippen molar-refractivity contribution in [2.75, 3.05) is 6.66 Å². The second-order valence-corrected chi connectivity index (χ2v) is 12.5. The molecule has 0 radical (unpaired) electrons. The van der Waals surface area contributed by atoms with E-state index in [9.17, 15) is 0 Å². The molecule has 0 spiro atoms. The van der Waals surface area contributed by atoms with E-state index in [0.29, 0.717) is 0 Å². The first-order chi connectivity index (χ1) is 8.74. The van der Waals surface area contributed by atoms with Gasteiger partial charge in [-0.15, -0.1) is 8.13 Å². The molecule has 0 bridgehead atoms. The number of fused-ring (bicyclic) bond motifs is 1. The molecule has 0 N–H and O–H groups in total. The number of hydrogen-bond acceptors (Lipinski definition) is 1. The maximum absolute atomic E-state index is 6.51. The molecule has 0 aromatic heterocycles. The van der Waals surface area contributed by atoms with Gasteiger partial charge in [0, 0.05) is 0 Å². The molecule has 1 aliphatic rings. The third-order valence-electron chi connectivity index (χ3n) is 3.69. The van der Waals surface area contributed by atoms with Crippen LogP contribution >= 0.6 is 8.13 Å². The van der Waals surface area contributed by atoms with E-state index in [4.69, 9.17) is 4.43 Å². The van der Waals surface area contributed by atoms with E-state index in [1.807, 2.05) is 0 Å². The highest BCUT2D eigenvalue weighted by molar-refractivity contribution is 7.82. The van der Waals surface area contributed by atoms with Crippen molar-refractivity contribution in [3.05, 3.63) is 65.7 Å². The summed E-state index contributed by atoms with van der Waals surface area (Å²) in [5.41, 5.74) is 2.66. The number of benzene rings is 2. The quantitative estimate of drug-likeness (QED) is 0.601. The van der Waals surface area contributed by atoms with Gasteiger partial charge >= 0.3 is 0 Å². The molecule has 1 nitrogen and oxygen atoms in total. The van der Waals surface area contributed by atoms with Crippen molar-refractivity contribution >= 4 is 21.3 Å². The fourth-order valence-corrected chi connectivity index (χ4v) is 7.22. The zero-order chi connectivity index (χ0) is 12.6. The van der Waals surface area contributed by atoms with Crippen molar-refractivity contribution in [2.45, 2.75) is 12.7 Å². The van der Waals surface area contributed by atoms with Crippen molar-refractivity contribution in [2.24, 2.45) is 0 Å². The molecule has 18 heavy (non-hydrogen) atoms. The molecule has 3 heteroatoms. The van der Waals surface area contributed by atoms with E-state index in [1.54, 1.807) is 0 Å². The Morgan fingerprint density at radius 2 is 1.67 bits per heavy atom. The summed E-state index contributed by atoms with van der Waals surface area (Å²) in [6, 6.07) is 19.3. The second-order valence-electron chi connectivity index (χ2n) is 4.78. The fourth-order valence-electron chi connectivity index (χ4n) is 2.59. The van der Waals surface area contributed by atoms with Crippen molar-refractivity contribution in [3.63, 3.8) is 0 Å². The van der Waals surface area contributed by atoms with Crippen molar-refractivity contribution < 1.29 is 4.43 Å². The minimum atomic E-state index is -1.70. The molecular formula is C15H17OPSi. The lowest BCUT2D eigenvalue weighted by Crippen LogP contribution is -2.38. The van der Waals surface area contributed by atoms with E-state index >= 15 is 0 Å². The zero-order valence-corrected chi connectivity index (χ0v) is 12.7. The summed E-state index contributed by atoms with van der Waals surface area (Å²) in [5, 5.41) is 1.49. The van der Waals surface area contributed by atoms with Crippen LogP contribution in [0.15, 0.2) is 54.6 Å². The Morgan fingerprint density at radius 3 is 2.39 bits per heavy atom. The average molecular weight is 272 g/mol. The van der Waals surface area contributed by atoms with Crippen LogP contribution in [-0.2, 0) is 4.43 Å². The van der Waals surface area contributed by atoms with Gasteiger partial charge in [-0.1, -0.05) is 54.6 Å². The van der Waals surface area contributed by atoms with E-state index < -0.39 is 7.98 Å². The molecular weight excluding hydrogens is 255 g/mol. The maximum Gasteiger partial charge on any atom is 0.245 e. The maximum atomic E-state index is 6.51. The van der Waals surface area contributed by atoms with Gasteiger partial charge < -0.3 is 4.43 Å². The summed E-state index contributed by atoms with van der Waals surface area (Å²) in [5.74, 6) is 0. The van der Waals surface area contributed by atoms with E-state index in [0.717, 1.165) is 8.13 Å². The van der Waals surface area contributed by atoms with Gasteiger partial charge in [0.05, 0.1) is 6.10 Å². The van der Waals surface area contributed by atoms with Crippen LogP contribution in [0.4, 0.5) is 0 Å². The van der Waals surface area contributed by atoms with Gasteiger partial charge in [-0.05, 0) is 29.5 Å². The number of hydrogen-bond donors (Lipinski definition) is 0.